The number of hydrogen-bond acceptors (Lipinski definition) is 6. The summed E-state index contributed by atoms with van der Waals surface area (Å²) in [4.78, 5) is 19.2. The largest absolute Gasteiger partial charge is 0.370 e. The predicted molar refractivity (Wildman–Crippen MR) is 81.4 cm³/mol. The number of primary amides is 1. The van der Waals surface area contributed by atoms with E-state index in [0.29, 0.717) is 19.4 Å². The van der Waals surface area contributed by atoms with Crippen LogP contribution >= 0.6 is 11.3 Å². The van der Waals surface area contributed by atoms with Gasteiger partial charge in [0.05, 0.1) is 22.1 Å². The summed E-state index contributed by atoms with van der Waals surface area (Å²) in [7, 11) is 0. The topological polar surface area (TPSA) is 98.7 Å². The first-order chi connectivity index (χ1) is 10.2. The molecule has 1 amide bonds. The zero-order chi connectivity index (χ0) is 14.7. The van der Waals surface area contributed by atoms with E-state index in [0.717, 1.165) is 21.7 Å². The molecule has 0 spiro atoms. The van der Waals surface area contributed by atoms with Crippen LogP contribution in [0.15, 0.2) is 30.2 Å². The third-order valence-corrected chi connectivity index (χ3v) is 3.86. The molecule has 3 rings (SSSR count). The van der Waals surface area contributed by atoms with Crippen LogP contribution in [0.4, 0.5) is 11.5 Å². The molecule has 0 saturated heterocycles. The molecule has 0 aliphatic heterocycles. The number of carbonyl (C=O) groups excluding carboxylic acids is 1. The predicted octanol–water partition coefficient (Wildman–Crippen LogP) is 1.90. The molecule has 21 heavy (non-hydrogen) atoms. The minimum atomic E-state index is -0.290. The molecule has 0 aliphatic rings. The van der Waals surface area contributed by atoms with Crippen molar-refractivity contribution >= 4 is 39.0 Å². The first-order valence-electron chi connectivity index (χ1n) is 6.48. The molecule has 108 valence electrons. The van der Waals surface area contributed by atoms with Crippen LogP contribution in [0.5, 0.6) is 0 Å². The first kappa shape index (κ1) is 13.5. The van der Waals surface area contributed by atoms with E-state index in [9.17, 15) is 4.79 Å². The maximum absolute atomic E-state index is 10.7. The number of fused-ring (bicyclic) bond motifs is 1. The number of aryl methyl sites for hydroxylation is 1. The number of nitrogens with two attached hydrogens (primary N) is 1. The number of amides is 1. The molecule has 0 atom stereocenters. The van der Waals surface area contributed by atoms with Crippen LogP contribution < -0.4 is 11.1 Å². The second-order valence-corrected chi connectivity index (χ2v) is 5.46. The molecular weight excluding hydrogens is 288 g/mol. The Labute approximate surface area is 124 Å². The lowest BCUT2D eigenvalue weighted by Crippen LogP contribution is -2.11. The molecule has 0 saturated carbocycles. The maximum atomic E-state index is 10.7. The van der Waals surface area contributed by atoms with Crippen molar-refractivity contribution in [3.63, 3.8) is 0 Å². The third kappa shape index (κ3) is 3.16. The highest BCUT2D eigenvalue weighted by atomic mass is 32.1. The van der Waals surface area contributed by atoms with Gasteiger partial charge in [0.25, 0.3) is 0 Å². The van der Waals surface area contributed by atoms with Gasteiger partial charge in [0, 0.05) is 19.2 Å². The number of carbonyl (C=O) groups is 1. The Balaban J connectivity index is 1.69. The summed E-state index contributed by atoms with van der Waals surface area (Å²) < 4.78 is 2.79. The molecule has 8 heteroatoms. The van der Waals surface area contributed by atoms with Crippen molar-refractivity contribution in [1.82, 2.24) is 19.7 Å². The van der Waals surface area contributed by atoms with Crippen LogP contribution in [0.2, 0.25) is 0 Å². The van der Waals surface area contributed by atoms with Gasteiger partial charge in [0.2, 0.25) is 5.91 Å². The van der Waals surface area contributed by atoms with E-state index >= 15 is 0 Å². The number of thiophene rings is 1. The van der Waals surface area contributed by atoms with Crippen molar-refractivity contribution in [1.29, 1.82) is 0 Å². The average Bonchev–Trinajstić information content (AvgIpc) is 3.08. The monoisotopic (exact) mass is 302 g/mol. The van der Waals surface area contributed by atoms with Gasteiger partial charge in [0.15, 0.2) is 5.82 Å². The van der Waals surface area contributed by atoms with Crippen molar-refractivity contribution in [2.45, 2.75) is 19.4 Å². The lowest BCUT2D eigenvalue weighted by Gasteiger charge is -2.03. The fourth-order valence-electron chi connectivity index (χ4n) is 1.98. The number of nitrogens with one attached hydrogen (secondary N) is 1. The molecule has 0 fully saturated rings. The van der Waals surface area contributed by atoms with Gasteiger partial charge < -0.3 is 11.1 Å². The Morgan fingerprint density at radius 2 is 2.33 bits per heavy atom. The number of anilines is 2. The van der Waals surface area contributed by atoms with Crippen LogP contribution in [-0.4, -0.2) is 25.7 Å². The van der Waals surface area contributed by atoms with E-state index in [-0.39, 0.29) is 5.91 Å². The van der Waals surface area contributed by atoms with Crippen molar-refractivity contribution in [3.05, 3.63) is 30.2 Å². The van der Waals surface area contributed by atoms with Gasteiger partial charge in [0.1, 0.15) is 6.33 Å². The highest BCUT2D eigenvalue weighted by molar-refractivity contribution is 7.17. The SMILES string of the molecule is NC(=O)CCCn1cc(Nc2ncnc3ccsc23)cn1. The minimum Gasteiger partial charge on any atom is -0.370 e. The highest BCUT2D eigenvalue weighted by Crippen LogP contribution is 2.27. The Hall–Kier alpha value is -2.48. The zero-order valence-electron chi connectivity index (χ0n) is 11.2. The summed E-state index contributed by atoms with van der Waals surface area (Å²) >= 11 is 1.59. The second kappa shape index (κ2) is 5.88. The molecular formula is C13H14N6OS. The number of nitrogens with zero attached hydrogens (tertiary/aromatic N) is 4. The lowest BCUT2D eigenvalue weighted by atomic mass is 10.3. The molecule has 0 aromatic carbocycles. The van der Waals surface area contributed by atoms with Gasteiger partial charge in [-0.25, -0.2) is 9.97 Å². The van der Waals surface area contributed by atoms with Gasteiger partial charge in [-0.3, -0.25) is 9.48 Å². The summed E-state index contributed by atoms with van der Waals surface area (Å²) in [5.41, 5.74) is 6.88. The molecule has 0 unspecified atom stereocenters. The molecule has 0 aliphatic carbocycles. The molecule has 3 heterocycles. The van der Waals surface area contributed by atoms with E-state index < -0.39 is 0 Å². The standard InChI is InChI=1S/C13H14N6OS/c14-11(20)2-1-4-19-7-9(6-17-19)18-13-12-10(3-5-21-12)15-8-16-13/h3,5-8H,1-2,4H2,(H2,14,20)(H,15,16,18). The van der Waals surface area contributed by atoms with Crippen molar-refractivity contribution in [2.75, 3.05) is 5.32 Å². The van der Waals surface area contributed by atoms with Gasteiger partial charge in [-0.05, 0) is 17.9 Å². The zero-order valence-corrected chi connectivity index (χ0v) is 12.0. The Bertz CT molecular complexity index is 765. The lowest BCUT2D eigenvalue weighted by molar-refractivity contribution is -0.118. The summed E-state index contributed by atoms with van der Waals surface area (Å²) in [5, 5.41) is 9.46. The Morgan fingerprint density at radius 1 is 1.43 bits per heavy atom. The molecule has 3 N–H and O–H groups in total. The van der Waals surface area contributed by atoms with E-state index in [1.165, 1.54) is 6.33 Å². The van der Waals surface area contributed by atoms with Gasteiger partial charge >= 0.3 is 0 Å². The summed E-state index contributed by atoms with van der Waals surface area (Å²) in [6.07, 6.45) is 6.19. The van der Waals surface area contributed by atoms with Crippen molar-refractivity contribution < 1.29 is 4.79 Å². The van der Waals surface area contributed by atoms with E-state index in [2.05, 4.69) is 20.4 Å². The molecule has 0 bridgehead atoms. The number of rotatable bonds is 6. The minimum absolute atomic E-state index is 0.290. The van der Waals surface area contributed by atoms with Crippen LogP contribution in [0.25, 0.3) is 10.2 Å². The summed E-state index contributed by atoms with van der Waals surface area (Å²) in [6.45, 7) is 0.656. The summed E-state index contributed by atoms with van der Waals surface area (Å²) in [5.74, 6) is 0.480. The molecule has 3 aromatic rings. The van der Waals surface area contributed by atoms with E-state index in [1.807, 2.05) is 17.6 Å². The van der Waals surface area contributed by atoms with Gasteiger partial charge in [-0.15, -0.1) is 11.3 Å². The molecule has 3 aromatic heterocycles. The van der Waals surface area contributed by atoms with Gasteiger partial charge in [-0.2, -0.15) is 5.10 Å². The average molecular weight is 302 g/mol. The number of hydrogen-bond donors (Lipinski definition) is 2. The van der Waals surface area contributed by atoms with E-state index in [4.69, 9.17) is 5.73 Å². The van der Waals surface area contributed by atoms with Gasteiger partial charge in [-0.1, -0.05) is 0 Å². The van der Waals surface area contributed by atoms with Crippen LogP contribution in [-0.2, 0) is 11.3 Å². The highest BCUT2D eigenvalue weighted by Gasteiger charge is 2.06. The maximum Gasteiger partial charge on any atom is 0.217 e. The van der Waals surface area contributed by atoms with Crippen LogP contribution in [0.3, 0.4) is 0 Å². The second-order valence-electron chi connectivity index (χ2n) is 4.54. The number of aromatic nitrogens is 4. The fraction of sp³-hybridized carbons (Fsp3) is 0.231. The Morgan fingerprint density at radius 3 is 3.19 bits per heavy atom. The van der Waals surface area contributed by atoms with E-state index in [1.54, 1.807) is 22.2 Å². The van der Waals surface area contributed by atoms with Crippen molar-refractivity contribution in [3.8, 4) is 0 Å². The summed E-state index contributed by atoms with van der Waals surface area (Å²) in [6, 6.07) is 1.96. The molecule has 7 nitrogen and oxygen atoms in total. The Kier molecular flexibility index (Phi) is 3.78. The fourth-order valence-corrected chi connectivity index (χ4v) is 2.77. The van der Waals surface area contributed by atoms with Crippen molar-refractivity contribution in [2.24, 2.45) is 5.73 Å². The van der Waals surface area contributed by atoms with Crippen LogP contribution in [0.1, 0.15) is 12.8 Å². The normalized spacial score (nSPS) is 10.9. The van der Waals surface area contributed by atoms with Crippen LogP contribution in [0, 0.1) is 0 Å². The quantitative estimate of drug-likeness (QED) is 0.724. The smallest absolute Gasteiger partial charge is 0.217 e. The third-order valence-electron chi connectivity index (χ3n) is 2.95. The molecule has 0 radical (unpaired) electrons. The first-order valence-corrected chi connectivity index (χ1v) is 7.36.